The number of hydrogen-bond donors (Lipinski definition) is 1. The van der Waals surface area contributed by atoms with Crippen LogP contribution in [0.4, 0.5) is 0 Å². The fourth-order valence-electron chi connectivity index (χ4n) is 1.46. The topological polar surface area (TPSA) is 55.6 Å². The summed E-state index contributed by atoms with van der Waals surface area (Å²) in [4.78, 5) is 13.6. The molecular weight excluding hydrogens is 252 g/mol. The van der Waals surface area contributed by atoms with Gasteiger partial charge in [-0.1, -0.05) is 17.7 Å². The highest BCUT2D eigenvalue weighted by Crippen LogP contribution is 2.18. The standard InChI is InChI=1S/C13H19ClN2O2/c1-9(8-15)16(3)13(17)10(2)18-12-6-4-5-11(14)7-12/h4-7,9-10H,8,15H2,1-3H3. The Hall–Kier alpha value is -1.26. The molecule has 1 amide bonds. The highest BCUT2D eigenvalue weighted by atomic mass is 35.5. The normalized spacial score (nSPS) is 13.8. The summed E-state index contributed by atoms with van der Waals surface area (Å²) in [6, 6.07) is 6.97. The Morgan fingerprint density at radius 3 is 2.72 bits per heavy atom. The van der Waals surface area contributed by atoms with Crippen molar-refractivity contribution in [2.45, 2.75) is 26.0 Å². The fourth-order valence-corrected chi connectivity index (χ4v) is 1.64. The predicted molar refractivity (Wildman–Crippen MR) is 72.8 cm³/mol. The molecule has 1 rings (SSSR count). The molecule has 0 bridgehead atoms. The number of halogens is 1. The molecule has 2 unspecified atom stereocenters. The van der Waals surface area contributed by atoms with Crippen LogP contribution in [-0.2, 0) is 4.79 Å². The summed E-state index contributed by atoms with van der Waals surface area (Å²) in [6.45, 7) is 4.03. The molecule has 4 nitrogen and oxygen atoms in total. The van der Waals surface area contributed by atoms with Crippen LogP contribution in [0.5, 0.6) is 5.75 Å². The third-order valence-corrected chi connectivity index (χ3v) is 3.04. The van der Waals surface area contributed by atoms with Crippen molar-refractivity contribution in [3.8, 4) is 5.75 Å². The number of benzene rings is 1. The van der Waals surface area contributed by atoms with Gasteiger partial charge in [-0.15, -0.1) is 0 Å². The van der Waals surface area contributed by atoms with Crippen molar-refractivity contribution in [1.29, 1.82) is 0 Å². The van der Waals surface area contributed by atoms with Crippen LogP contribution < -0.4 is 10.5 Å². The molecule has 2 N–H and O–H groups in total. The van der Waals surface area contributed by atoms with Crippen LogP contribution in [0.3, 0.4) is 0 Å². The number of rotatable bonds is 5. The Morgan fingerprint density at radius 1 is 1.50 bits per heavy atom. The van der Waals surface area contributed by atoms with E-state index in [1.807, 2.05) is 6.92 Å². The van der Waals surface area contributed by atoms with Gasteiger partial charge in [-0.3, -0.25) is 4.79 Å². The molecule has 0 radical (unpaired) electrons. The molecule has 100 valence electrons. The van der Waals surface area contributed by atoms with E-state index in [9.17, 15) is 4.79 Å². The van der Waals surface area contributed by atoms with Crippen LogP contribution in [0.2, 0.25) is 5.02 Å². The predicted octanol–water partition coefficient (Wildman–Crippen LogP) is 1.91. The monoisotopic (exact) mass is 270 g/mol. The average Bonchev–Trinajstić information content (AvgIpc) is 2.36. The zero-order chi connectivity index (χ0) is 13.7. The second-order valence-corrected chi connectivity index (χ2v) is 4.69. The van der Waals surface area contributed by atoms with Crippen LogP contribution in [-0.4, -0.2) is 36.5 Å². The van der Waals surface area contributed by atoms with Gasteiger partial charge in [0.15, 0.2) is 6.10 Å². The molecule has 5 heteroatoms. The minimum absolute atomic E-state index is 0.0112. The number of hydrogen-bond acceptors (Lipinski definition) is 3. The molecule has 0 spiro atoms. The molecule has 0 aliphatic heterocycles. The third-order valence-electron chi connectivity index (χ3n) is 2.81. The quantitative estimate of drug-likeness (QED) is 0.889. The Balaban J connectivity index is 2.65. The summed E-state index contributed by atoms with van der Waals surface area (Å²) < 4.78 is 5.56. The Morgan fingerprint density at radius 2 is 2.17 bits per heavy atom. The SMILES string of the molecule is CC(Oc1cccc(Cl)c1)C(=O)N(C)C(C)CN. The highest BCUT2D eigenvalue weighted by molar-refractivity contribution is 6.30. The number of nitrogens with zero attached hydrogens (tertiary/aromatic N) is 1. The molecule has 0 aliphatic rings. The molecule has 2 atom stereocenters. The maximum Gasteiger partial charge on any atom is 0.263 e. The van der Waals surface area contributed by atoms with E-state index in [0.717, 1.165) is 0 Å². The molecule has 0 aliphatic carbocycles. The molecule has 1 aromatic rings. The second-order valence-electron chi connectivity index (χ2n) is 4.25. The fraction of sp³-hybridized carbons (Fsp3) is 0.462. The van der Waals surface area contributed by atoms with E-state index < -0.39 is 6.10 Å². The summed E-state index contributed by atoms with van der Waals surface area (Å²) in [5, 5.41) is 0.579. The zero-order valence-electron chi connectivity index (χ0n) is 10.9. The van der Waals surface area contributed by atoms with Gasteiger partial charge in [0.2, 0.25) is 0 Å². The van der Waals surface area contributed by atoms with Gasteiger partial charge >= 0.3 is 0 Å². The van der Waals surface area contributed by atoms with Crippen molar-refractivity contribution in [3.63, 3.8) is 0 Å². The van der Waals surface area contributed by atoms with Crippen molar-refractivity contribution in [2.24, 2.45) is 5.73 Å². The molecule has 0 saturated carbocycles. The molecule has 18 heavy (non-hydrogen) atoms. The van der Waals surface area contributed by atoms with Crippen LogP contribution in [0.25, 0.3) is 0 Å². The minimum Gasteiger partial charge on any atom is -0.481 e. The zero-order valence-corrected chi connectivity index (χ0v) is 11.6. The average molecular weight is 271 g/mol. The Bertz CT molecular complexity index is 412. The van der Waals surface area contributed by atoms with E-state index in [2.05, 4.69) is 0 Å². The number of carbonyl (C=O) groups is 1. The Kier molecular flexibility index (Phi) is 5.44. The van der Waals surface area contributed by atoms with Crippen molar-refractivity contribution in [3.05, 3.63) is 29.3 Å². The first-order chi connectivity index (χ1) is 8.45. The van der Waals surface area contributed by atoms with Gasteiger partial charge in [0.05, 0.1) is 0 Å². The van der Waals surface area contributed by atoms with Gasteiger partial charge in [0.1, 0.15) is 5.75 Å². The lowest BCUT2D eigenvalue weighted by molar-refractivity contribution is -0.138. The highest BCUT2D eigenvalue weighted by Gasteiger charge is 2.22. The number of amides is 1. The minimum atomic E-state index is -0.567. The number of carbonyl (C=O) groups excluding carboxylic acids is 1. The lowest BCUT2D eigenvalue weighted by Gasteiger charge is -2.26. The van der Waals surface area contributed by atoms with E-state index in [1.165, 1.54) is 0 Å². The molecule has 0 heterocycles. The second kappa shape index (κ2) is 6.61. The Labute approximate surface area is 113 Å². The summed E-state index contributed by atoms with van der Waals surface area (Å²) in [7, 11) is 1.72. The van der Waals surface area contributed by atoms with Gasteiger partial charge in [0.25, 0.3) is 5.91 Å². The summed E-state index contributed by atoms with van der Waals surface area (Å²) in [5.41, 5.74) is 5.53. The molecule has 0 fully saturated rings. The van der Waals surface area contributed by atoms with E-state index in [4.69, 9.17) is 22.1 Å². The number of likely N-dealkylation sites (N-methyl/N-ethyl adjacent to an activating group) is 1. The maximum atomic E-state index is 12.0. The maximum absolute atomic E-state index is 12.0. The van der Waals surface area contributed by atoms with Crippen LogP contribution in [0.1, 0.15) is 13.8 Å². The van der Waals surface area contributed by atoms with Gasteiger partial charge in [0, 0.05) is 24.7 Å². The smallest absolute Gasteiger partial charge is 0.263 e. The van der Waals surface area contributed by atoms with Crippen molar-refractivity contribution in [2.75, 3.05) is 13.6 Å². The molecule has 0 saturated heterocycles. The van der Waals surface area contributed by atoms with Crippen LogP contribution >= 0.6 is 11.6 Å². The van der Waals surface area contributed by atoms with Crippen molar-refractivity contribution >= 4 is 17.5 Å². The lowest BCUT2D eigenvalue weighted by atomic mass is 10.2. The van der Waals surface area contributed by atoms with Gasteiger partial charge in [-0.25, -0.2) is 0 Å². The van der Waals surface area contributed by atoms with Crippen LogP contribution in [0.15, 0.2) is 24.3 Å². The van der Waals surface area contributed by atoms with Gasteiger partial charge < -0.3 is 15.4 Å². The van der Waals surface area contributed by atoms with E-state index in [-0.39, 0.29) is 11.9 Å². The van der Waals surface area contributed by atoms with Gasteiger partial charge in [-0.05, 0) is 32.0 Å². The molecular formula is C13H19ClN2O2. The van der Waals surface area contributed by atoms with Gasteiger partial charge in [-0.2, -0.15) is 0 Å². The van der Waals surface area contributed by atoms with Crippen molar-refractivity contribution in [1.82, 2.24) is 4.90 Å². The number of nitrogens with two attached hydrogens (primary N) is 1. The summed E-state index contributed by atoms with van der Waals surface area (Å²) in [6.07, 6.45) is -0.567. The third kappa shape index (κ3) is 3.89. The number of ether oxygens (including phenoxy) is 1. The summed E-state index contributed by atoms with van der Waals surface area (Å²) >= 11 is 5.85. The van der Waals surface area contributed by atoms with E-state index in [1.54, 1.807) is 43.1 Å². The molecule has 0 aromatic heterocycles. The first-order valence-corrected chi connectivity index (χ1v) is 6.22. The summed E-state index contributed by atoms with van der Waals surface area (Å²) in [5.74, 6) is 0.477. The van der Waals surface area contributed by atoms with Crippen molar-refractivity contribution < 1.29 is 9.53 Å². The van der Waals surface area contributed by atoms with E-state index >= 15 is 0 Å². The van der Waals surface area contributed by atoms with E-state index in [0.29, 0.717) is 17.3 Å². The first kappa shape index (κ1) is 14.8. The lowest BCUT2D eigenvalue weighted by Crippen LogP contribution is -2.45. The van der Waals surface area contributed by atoms with Crippen LogP contribution in [0, 0.1) is 0 Å². The molecule has 1 aromatic carbocycles. The first-order valence-electron chi connectivity index (χ1n) is 5.84. The largest absolute Gasteiger partial charge is 0.481 e.